The lowest BCUT2D eigenvalue weighted by Gasteiger charge is -2.20. The first-order valence-corrected chi connectivity index (χ1v) is 11.1. The van der Waals surface area contributed by atoms with Gasteiger partial charge in [-0.2, -0.15) is 5.10 Å². The highest BCUT2D eigenvalue weighted by Crippen LogP contribution is 2.27. The van der Waals surface area contributed by atoms with E-state index in [1.165, 1.54) is 0 Å². The van der Waals surface area contributed by atoms with Gasteiger partial charge in [0.05, 0.1) is 11.4 Å². The van der Waals surface area contributed by atoms with E-state index in [4.69, 9.17) is 4.74 Å². The Morgan fingerprint density at radius 1 is 1.24 bits per heavy atom. The van der Waals surface area contributed by atoms with E-state index in [1.54, 1.807) is 6.21 Å². The second-order valence-corrected chi connectivity index (χ2v) is 8.57. The summed E-state index contributed by atoms with van der Waals surface area (Å²) in [4.78, 5) is 16.5. The van der Waals surface area contributed by atoms with E-state index in [-0.39, 0.29) is 0 Å². The lowest BCUT2D eigenvalue weighted by molar-refractivity contribution is 0.0636. The summed E-state index contributed by atoms with van der Waals surface area (Å²) in [6, 6.07) is 7.65. The van der Waals surface area contributed by atoms with E-state index in [0.717, 1.165) is 40.7 Å². The van der Waals surface area contributed by atoms with Gasteiger partial charge in [0.1, 0.15) is 17.2 Å². The van der Waals surface area contributed by atoms with E-state index < -0.39 is 11.7 Å². The van der Waals surface area contributed by atoms with Gasteiger partial charge >= 0.3 is 6.09 Å². The third-order valence-electron chi connectivity index (χ3n) is 4.44. The van der Waals surface area contributed by atoms with Crippen LogP contribution in [0.1, 0.15) is 52.3 Å². The molecule has 0 radical (unpaired) electrons. The Hall–Kier alpha value is -3.55. The third-order valence-corrected chi connectivity index (χ3v) is 4.44. The third kappa shape index (κ3) is 7.82. The second kappa shape index (κ2) is 11.4. The van der Waals surface area contributed by atoms with Crippen LogP contribution in [0, 0.1) is 13.8 Å². The quantitative estimate of drug-likeness (QED) is 0.338. The number of carbonyl (C=O) groups excluding carboxylic acids is 1. The SMILES string of the molecule is C\C=N/C(=C\C(=C\CC)n1nc(C)cc1Nc1cc(NC(=O)OC(C)(C)C)ccc1C)NC. The van der Waals surface area contributed by atoms with Crippen molar-refractivity contribution in [2.24, 2.45) is 4.99 Å². The summed E-state index contributed by atoms with van der Waals surface area (Å²) in [5.74, 6) is 1.54. The molecule has 0 saturated carbocycles. The Labute approximate surface area is 196 Å². The van der Waals surface area contributed by atoms with E-state index in [1.807, 2.05) is 83.6 Å². The van der Waals surface area contributed by atoms with E-state index in [9.17, 15) is 4.79 Å². The minimum atomic E-state index is -0.566. The zero-order valence-electron chi connectivity index (χ0n) is 20.9. The van der Waals surface area contributed by atoms with Crippen molar-refractivity contribution in [3.8, 4) is 0 Å². The summed E-state index contributed by atoms with van der Waals surface area (Å²) in [7, 11) is 1.84. The maximum atomic E-state index is 12.2. The summed E-state index contributed by atoms with van der Waals surface area (Å²) in [6.45, 7) is 13.4. The molecule has 0 saturated heterocycles. The number of benzene rings is 1. The van der Waals surface area contributed by atoms with Crippen LogP contribution in [0.4, 0.5) is 22.0 Å². The molecule has 0 unspecified atom stereocenters. The first kappa shape index (κ1) is 25.7. The van der Waals surface area contributed by atoms with E-state index in [2.05, 4.69) is 39.0 Å². The van der Waals surface area contributed by atoms with Gasteiger partial charge in [0.2, 0.25) is 0 Å². The van der Waals surface area contributed by atoms with Crippen molar-refractivity contribution in [3.63, 3.8) is 0 Å². The molecule has 8 nitrogen and oxygen atoms in total. The normalized spacial score (nSPS) is 12.7. The summed E-state index contributed by atoms with van der Waals surface area (Å²) < 4.78 is 7.22. The molecule has 2 aromatic rings. The molecule has 33 heavy (non-hydrogen) atoms. The minimum Gasteiger partial charge on any atom is -0.444 e. The molecule has 0 atom stereocenters. The molecule has 1 amide bonds. The van der Waals surface area contributed by atoms with Gasteiger partial charge in [-0.3, -0.25) is 5.32 Å². The van der Waals surface area contributed by atoms with Crippen LogP contribution in [0.15, 0.2) is 47.2 Å². The molecule has 1 aromatic heterocycles. The molecule has 0 fully saturated rings. The molecule has 0 spiro atoms. The number of nitrogens with one attached hydrogen (secondary N) is 3. The molecule has 2 rings (SSSR count). The molecule has 178 valence electrons. The van der Waals surface area contributed by atoms with E-state index in [0.29, 0.717) is 5.69 Å². The first-order chi connectivity index (χ1) is 15.6. The monoisotopic (exact) mass is 452 g/mol. The lowest BCUT2D eigenvalue weighted by atomic mass is 10.1. The van der Waals surface area contributed by atoms with Crippen molar-refractivity contribution in [1.29, 1.82) is 0 Å². The number of anilines is 3. The molecule has 0 aliphatic carbocycles. The number of amides is 1. The average molecular weight is 453 g/mol. The summed E-state index contributed by atoms with van der Waals surface area (Å²) in [6.07, 6.45) is 6.13. The number of aliphatic imine (C=N–C) groups is 1. The Bertz CT molecular complexity index is 1060. The topological polar surface area (TPSA) is 92.6 Å². The Morgan fingerprint density at radius 3 is 2.58 bits per heavy atom. The predicted molar refractivity (Wildman–Crippen MR) is 137 cm³/mol. The van der Waals surface area contributed by atoms with Gasteiger partial charge in [0.15, 0.2) is 0 Å². The van der Waals surface area contributed by atoms with E-state index >= 15 is 0 Å². The van der Waals surface area contributed by atoms with Crippen LogP contribution in [-0.2, 0) is 4.74 Å². The van der Waals surface area contributed by atoms with Gasteiger partial charge in [-0.15, -0.1) is 0 Å². The van der Waals surface area contributed by atoms with Crippen molar-refractivity contribution < 1.29 is 9.53 Å². The van der Waals surface area contributed by atoms with Crippen molar-refractivity contribution >= 4 is 35.2 Å². The number of carbonyl (C=O) groups is 1. The zero-order valence-corrected chi connectivity index (χ0v) is 20.9. The number of aryl methyl sites for hydroxylation is 2. The molecular formula is C25H36N6O2. The van der Waals surface area contributed by atoms with Crippen molar-refractivity contribution in [2.75, 3.05) is 17.7 Å². The zero-order chi connectivity index (χ0) is 24.6. The number of hydrogen-bond acceptors (Lipinski definition) is 6. The molecule has 1 heterocycles. The lowest BCUT2D eigenvalue weighted by Crippen LogP contribution is -2.27. The van der Waals surface area contributed by atoms with Gasteiger partial charge in [-0.1, -0.05) is 19.1 Å². The highest BCUT2D eigenvalue weighted by atomic mass is 16.6. The highest BCUT2D eigenvalue weighted by molar-refractivity contribution is 5.86. The van der Waals surface area contributed by atoms with Crippen LogP contribution in [0.25, 0.3) is 5.70 Å². The Morgan fingerprint density at radius 2 is 1.97 bits per heavy atom. The van der Waals surface area contributed by atoms with Crippen molar-refractivity contribution in [2.45, 2.75) is 60.5 Å². The van der Waals surface area contributed by atoms with Crippen LogP contribution in [-0.4, -0.2) is 34.7 Å². The Balaban J connectivity index is 2.39. The number of aromatic nitrogens is 2. The van der Waals surface area contributed by atoms with Crippen LogP contribution in [0.5, 0.6) is 0 Å². The molecular weight excluding hydrogens is 416 g/mol. The number of nitrogens with zero attached hydrogens (tertiary/aromatic N) is 3. The number of ether oxygens (including phenoxy) is 1. The largest absolute Gasteiger partial charge is 0.444 e. The fraction of sp³-hybridized carbons (Fsp3) is 0.400. The van der Waals surface area contributed by atoms with Gasteiger partial charge in [0, 0.05) is 36.8 Å². The number of rotatable bonds is 8. The highest BCUT2D eigenvalue weighted by Gasteiger charge is 2.17. The van der Waals surface area contributed by atoms with Crippen LogP contribution in [0.2, 0.25) is 0 Å². The first-order valence-electron chi connectivity index (χ1n) is 11.1. The maximum absolute atomic E-state index is 12.2. The van der Waals surface area contributed by atoms with Crippen molar-refractivity contribution in [3.05, 3.63) is 53.5 Å². The summed E-state index contributed by atoms with van der Waals surface area (Å²) >= 11 is 0. The molecule has 3 N–H and O–H groups in total. The second-order valence-electron chi connectivity index (χ2n) is 8.57. The molecule has 0 aliphatic heterocycles. The molecule has 1 aromatic carbocycles. The van der Waals surface area contributed by atoms with Crippen LogP contribution < -0.4 is 16.0 Å². The number of hydrogen-bond donors (Lipinski definition) is 3. The molecule has 8 heteroatoms. The fourth-order valence-electron chi connectivity index (χ4n) is 3.05. The Kier molecular flexibility index (Phi) is 8.85. The molecule has 0 aliphatic rings. The fourth-order valence-corrected chi connectivity index (χ4v) is 3.05. The van der Waals surface area contributed by atoms with Gasteiger partial charge in [-0.05, 0) is 65.7 Å². The van der Waals surface area contributed by atoms with Gasteiger partial charge in [0.25, 0.3) is 0 Å². The predicted octanol–water partition coefficient (Wildman–Crippen LogP) is 5.99. The van der Waals surface area contributed by atoms with Gasteiger partial charge in [-0.25, -0.2) is 14.5 Å². The minimum absolute atomic E-state index is 0.493. The standard InChI is InChI=1S/C25H36N6O2/c1-9-11-20(16-22(26-8)27-10-2)31-23(14-18(4)30-31)29-21-15-19(13-12-17(21)3)28-24(32)33-25(5,6)7/h10-16,26,29H,9H2,1-8H3,(H,28,32)/b20-11-,22-16-,27-10-. The van der Waals surface area contributed by atoms with Crippen LogP contribution >= 0.6 is 0 Å². The number of allylic oxidation sites excluding steroid dienone is 3. The smallest absolute Gasteiger partial charge is 0.412 e. The van der Waals surface area contributed by atoms with Crippen molar-refractivity contribution in [1.82, 2.24) is 15.1 Å². The molecule has 0 bridgehead atoms. The average Bonchev–Trinajstić information content (AvgIpc) is 3.08. The maximum Gasteiger partial charge on any atom is 0.412 e. The van der Waals surface area contributed by atoms with Crippen LogP contribution in [0.3, 0.4) is 0 Å². The summed E-state index contributed by atoms with van der Waals surface area (Å²) in [5.41, 5.74) is 3.72. The summed E-state index contributed by atoms with van der Waals surface area (Å²) in [5, 5.41) is 14.0. The van der Waals surface area contributed by atoms with Gasteiger partial charge < -0.3 is 15.4 Å².